The number of hydrogen-bond donors (Lipinski definition) is 1. The summed E-state index contributed by atoms with van der Waals surface area (Å²) in [6.45, 7) is 2.54. The Balaban J connectivity index is 1.30. The van der Waals surface area contributed by atoms with E-state index in [1.807, 2.05) is 21.9 Å². The first-order chi connectivity index (χ1) is 14.6. The van der Waals surface area contributed by atoms with Crippen LogP contribution in [0.4, 0.5) is 0 Å². The van der Waals surface area contributed by atoms with Crippen molar-refractivity contribution in [2.45, 2.75) is 25.8 Å². The fourth-order valence-corrected chi connectivity index (χ4v) is 4.88. The maximum Gasteiger partial charge on any atom is 0.253 e. The number of para-hydroxylation sites is 1. The molecular formula is C24H24ClN3O2. The van der Waals surface area contributed by atoms with E-state index in [4.69, 9.17) is 11.6 Å². The van der Waals surface area contributed by atoms with Gasteiger partial charge in [0.05, 0.1) is 5.92 Å². The van der Waals surface area contributed by atoms with Gasteiger partial charge in [0.1, 0.15) is 0 Å². The zero-order valence-electron chi connectivity index (χ0n) is 16.7. The van der Waals surface area contributed by atoms with Crippen molar-refractivity contribution in [3.63, 3.8) is 0 Å². The van der Waals surface area contributed by atoms with Gasteiger partial charge in [-0.2, -0.15) is 0 Å². The highest BCUT2D eigenvalue weighted by atomic mass is 35.5. The van der Waals surface area contributed by atoms with Crippen molar-refractivity contribution >= 4 is 34.3 Å². The second-order valence-electron chi connectivity index (χ2n) is 8.23. The van der Waals surface area contributed by atoms with Crippen LogP contribution >= 0.6 is 11.6 Å². The number of hydrogen-bond acceptors (Lipinski definition) is 2. The summed E-state index contributed by atoms with van der Waals surface area (Å²) in [5.74, 6) is 0.00280. The van der Waals surface area contributed by atoms with E-state index in [1.165, 1.54) is 16.6 Å². The highest BCUT2D eigenvalue weighted by molar-refractivity contribution is 6.30. The van der Waals surface area contributed by atoms with Gasteiger partial charge in [-0.25, -0.2) is 0 Å². The molecule has 1 aromatic heterocycles. The molecule has 2 aliphatic heterocycles. The molecule has 30 heavy (non-hydrogen) atoms. The number of nitrogens with one attached hydrogen (secondary N) is 1. The van der Waals surface area contributed by atoms with E-state index in [1.54, 1.807) is 24.3 Å². The third-order valence-corrected chi connectivity index (χ3v) is 6.60. The second-order valence-corrected chi connectivity index (χ2v) is 8.67. The first-order valence-electron chi connectivity index (χ1n) is 10.5. The van der Waals surface area contributed by atoms with Crippen molar-refractivity contribution in [1.29, 1.82) is 0 Å². The molecule has 1 saturated heterocycles. The lowest BCUT2D eigenvalue weighted by Crippen LogP contribution is -2.47. The molecule has 1 fully saturated rings. The summed E-state index contributed by atoms with van der Waals surface area (Å²) in [5.41, 5.74) is 4.22. The molecule has 0 aliphatic carbocycles. The SMILES string of the molecule is O=C(c1ccc(Cl)cc1)N1CCC[C@@H](C(=O)N2CCc3[nH]c4ccccc4c3C2)C1. The van der Waals surface area contributed by atoms with E-state index in [-0.39, 0.29) is 17.7 Å². The summed E-state index contributed by atoms with van der Waals surface area (Å²) in [4.78, 5) is 33.5. The molecule has 0 radical (unpaired) electrons. The number of amides is 2. The number of likely N-dealkylation sites (tertiary alicyclic amines) is 1. The van der Waals surface area contributed by atoms with Crippen LogP contribution < -0.4 is 0 Å². The van der Waals surface area contributed by atoms with Gasteiger partial charge in [-0.05, 0) is 43.2 Å². The summed E-state index contributed by atoms with van der Waals surface area (Å²) >= 11 is 5.94. The molecule has 5 rings (SSSR count). The molecule has 5 nitrogen and oxygen atoms in total. The molecule has 3 heterocycles. The fraction of sp³-hybridized carbons (Fsp3) is 0.333. The zero-order valence-corrected chi connectivity index (χ0v) is 17.5. The highest BCUT2D eigenvalue weighted by Gasteiger charge is 2.33. The average molecular weight is 422 g/mol. The van der Waals surface area contributed by atoms with E-state index in [0.29, 0.717) is 30.2 Å². The molecule has 1 N–H and O–H groups in total. The van der Waals surface area contributed by atoms with Crippen LogP contribution in [-0.2, 0) is 17.8 Å². The fourth-order valence-electron chi connectivity index (χ4n) is 4.75. The minimum Gasteiger partial charge on any atom is -0.358 e. The van der Waals surface area contributed by atoms with Crippen LogP contribution in [0.2, 0.25) is 5.02 Å². The van der Waals surface area contributed by atoms with E-state index >= 15 is 0 Å². The van der Waals surface area contributed by atoms with Gasteiger partial charge in [-0.3, -0.25) is 9.59 Å². The molecule has 2 aromatic carbocycles. The summed E-state index contributed by atoms with van der Waals surface area (Å²) in [7, 11) is 0. The predicted molar refractivity (Wildman–Crippen MR) is 117 cm³/mol. The Kier molecular flexibility index (Phi) is 4.99. The second kappa shape index (κ2) is 7.80. The van der Waals surface area contributed by atoms with Crippen LogP contribution in [0.5, 0.6) is 0 Å². The molecule has 3 aromatic rings. The van der Waals surface area contributed by atoms with E-state index < -0.39 is 0 Å². The minimum absolute atomic E-state index is 0.0262. The number of rotatable bonds is 2. The van der Waals surface area contributed by atoms with Crippen LogP contribution in [0.15, 0.2) is 48.5 Å². The van der Waals surface area contributed by atoms with Crippen molar-refractivity contribution in [2.75, 3.05) is 19.6 Å². The molecule has 1 atom stereocenters. The number of piperidine rings is 1. The van der Waals surface area contributed by atoms with Gasteiger partial charge < -0.3 is 14.8 Å². The molecule has 0 unspecified atom stereocenters. The Hall–Kier alpha value is -2.79. The average Bonchev–Trinajstić information content (AvgIpc) is 3.16. The van der Waals surface area contributed by atoms with Crippen molar-refractivity contribution < 1.29 is 9.59 Å². The third-order valence-electron chi connectivity index (χ3n) is 6.34. The van der Waals surface area contributed by atoms with Crippen molar-refractivity contribution in [3.05, 3.63) is 70.4 Å². The minimum atomic E-state index is -0.137. The quantitative estimate of drug-likeness (QED) is 0.672. The van der Waals surface area contributed by atoms with Crippen LogP contribution in [0.3, 0.4) is 0 Å². The predicted octanol–water partition coefficient (Wildman–Crippen LogP) is 4.26. The lowest BCUT2D eigenvalue weighted by Gasteiger charge is -2.36. The Morgan fingerprint density at radius 3 is 2.63 bits per heavy atom. The van der Waals surface area contributed by atoms with Gasteiger partial charge in [0.15, 0.2) is 0 Å². The van der Waals surface area contributed by atoms with Gasteiger partial charge >= 0.3 is 0 Å². The number of halogens is 1. The van der Waals surface area contributed by atoms with Crippen LogP contribution in [-0.4, -0.2) is 46.2 Å². The maximum atomic E-state index is 13.3. The van der Waals surface area contributed by atoms with E-state index in [0.717, 1.165) is 31.3 Å². The number of aromatic amines is 1. The number of carbonyl (C=O) groups excluding carboxylic acids is 2. The monoisotopic (exact) mass is 421 g/mol. The first kappa shape index (κ1) is 19.2. The molecule has 2 aliphatic rings. The smallest absolute Gasteiger partial charge is 0.253 e. The Morgan fingerprint density at radius 2 is 1.80 bits per heavy atom. The van der Waals surface area contributed by atoms with Crippen LogP contribution in [0, 0.1) is 5.92 Å². The third kappa shape index (κ3) is 3.47. The summed E-state index contributed by atoms with van der Waals surface area (Å²) in [6, 6.07) is 15.2. The van der Waals surface area contributed by atoms with Gasteiger partial charge in [-0.15, -0.1) is 0 Å². The number of H-pyrrole nitrogens is 1. The Bertz CT molecular complexity index is 1110. The topological polar surface area (TPSA) is 56.4 Å². The standard InChI is InChI=1S/C24H24ClN3O2/c25-18-9-7-16(8-10-18)23(29)27-12-3-4-17(14-27)24(30)28-13-11-22-20(15-28)19-5-1-2-6-21(19)26-22/h1-2,5-10,17,26H,3-4,11-15H2/t17-/m1/s1. The lowest BCUT2D eigenvalue weighted by atomic mass is 9.94. The number of aromatic nitrogens is 1. The van der Waals surface area contributed by atoms with Crippen LogP contribution in [0.25, 0.3) is 10.9 Å². The number of carbonyl (C=O) groups is 2. The van der Waals surface area contributed by atoms with Crippen LogP contribution in [0.1, 0.15) is 34.5 Å². The van der Waals surface area contributed by atoms with Crippen molar-refractivity contribution in [2.24, 2.45) is 5.92 Å². The van der Waals surface area contributed by atoms with Gasteiger partial charge in [0.2, 0.25) is 5.91 Å². The Labute approximate surface area is 180 Å². The zero-order chi connectivity index (χ0) is 20.7. The van der Waals surface area contributed by atoms with E-state index in [2.05, 4.69) is 17.1 Å². The number of fused-ring (bicyclic) bond motifs is 3. The van der Waals surface area contributed by atoms with Crippen molar-refractivity contribution in [3.8, 4) is 0 Å². The molecule has 154 valence electrons. The molecule has 2 amide bonds. The molecular weight excluding hydrogens is 398 g/mol. The lowest BCUT2D eigenvalue weighted by molar-refractivity contribution is -0.137. The van der Waals surface area contributed by atoms with Gasteiger partial charge in [0, 0.05) is 65.3 Å². The van der Waals surface area contributed by atoms with Gasteiger partial charge in [-0.1, -0.05) is 29.8 Å². The first-order valence-corrected chi connectivity index (χ1v) is 10.9. The van der Waals surface area contributed by atoms with Gasteiger partial charge in [0.25, 0.3) is 5.91 Å². The molecule has 0 bridgehead atoms. The van der Waals surface area contributed by atoms with E-state index in [9.17, 15) is 9.59 Å². The van der Waals surface area contributed by atoms with Crippen molar-refractivity contribution in [1.82, 2.24) is 14.8 Å². The molecule has 0 saturated carbocycles. The Morgan fingerprint density at radius 1 is 1.00 bits per heavy atom. The summed E-state index contributed by atoms with van der Waals surface area (Å²) in [5, 5.41) is 1.81. The number of benzene rings is 2. The molecule has 0 spiro atoms. The number of nitrogens with zero attached hydrogens (tertiary/aromatic N) is 2. The normalized spacial score (nSPS) is 19.0. The molecule has 6 heteroatoms. The summed E-state index contributed by atoms with van der Waals surface area (Å²) in [6.07, 6.45) is 2.53. The summed E-state index contributed by atoms with van der Waals surface area (Å²) < 4.78 is 0. The highest BCUT2D eigenvalue weighted by Crippen LogP contribution is 2.29. The largest absolute Gasteiger partial charge is 0.358 e. The maximum absolute atomic E-state index is 13.3.